The standard InChI is InChI=1S/C22H29N3O4/c1-21(2)8-14-9-22(3,11-21)12-25(14)19(26)10-24-13-23-16-7-18(29-5)17(28-4)6-15(16)20(24)27/h6-7,13-14H,8-12H2,1-5H3/t14-,22+/m1/s1. The molecule has 1 aromatic carbocycles. The molecule has 4 rings (SSSR count). The third-order valence-electron chi connectivity index (χ3n) is 6.37. The monoisotopic (exact) mass is 399 g/mol. The Balaban J connectivity index is 1.62. The fourth-order valence-electron chi connectivity index (χ4n) is 5.59. The van der Waals surface area contributed by atoms with E-state index in [1.54, 1.807) is 12.1 Å². The molecule has 2 heterocycles. The van der Waals surface area contributed by atoms with Gasteiger partial charge in [0.05, 0.1) is 31.4 Å². The summed E-state index contributed by atoms with van der Waals surface area (Å²) in [5.41, 5.74) is 0.669. The van der Waals surface area contributed by atoms with Gasteiger partial charge >= 0.3 is 0 Å². The first-order valence-corrected chi connectivity index (χ1v) is 10.1. The first-order valence-electron chi connectivity index (χ1n) is 10.1. The average molecular weight is 399 g/mol. The molecule has 156 valence electrons. The van der Waals surface area contributed by atoms with Crippen molar-refractivity contribution in [1.82, 2.24) is 14.5 Å². The second-order valence-electron chi connectivity index (χ2n) is 9.64. The number of benzene rings is 1. The minimum absolute atomic E-state index is 0.00310. The van der Waals surface area contributed by atoms with Gasteiger partial charge in [-0.2, -0.15) is 0 Å². The van der Waals surface area contributed by atoms with Gasteiger partial charge in [0.1, 0.15) is 6.54 Å². The highest BCUT2D eigenvalue weighted by atomic mass is 16.5. The Morgan fingerprint density at radius 3 is 2.55 bits per heavy atom. The summed E-state index contributed by atoms with van der Waals surface area (Å²) in [6.07, 6.45) is 4.63. The first kappa shape index (κ1) is 19.7. The number of ether oxygens (including phenoxy) is 2. The molecule has 2 fully saturated rings. The van der Waals surface area contributed by atoms with E-state index in [1.807, 2.05) is 4.90 Å². The van der Waals surface area contributed by atoms with Gasteiger partial charge in [0.2, 0.25) is 5.91 Å². The van der Waals surface area contributed by atoms with E-state index in [0.717, 1.165) is 25.8 Å². The summed E-state index contributed by atoms with van der Waals surface area (Å²) in [6.45, 7) is 7.61. The molecule has 29 heavy (non-hydrogen) atoms. The van der Waals surface area contributed by atoms with Crippen LogP contribution in [0.3, 0.4) is 0 Å². The SMILES string of the molecule is COc1cc2ncn(CC(=O)N3C[C@@]4(C)C[C@H]3CC(C)(C)C4)c(=O)c2cc1OC. The van der Waals surface area contributed by atoms with Crippen molar-refractivity contribution >= 4 is 16.8 Å². The lowest BCUT2D eigenvalue weighted by Gasteiger charge is -2.39. The lowest BCUT2D eigenvalue weighted by atomic mass is 9.65. The van der Waals surface area contributed by atoms with Crippen molar-refractivity contribution in [3.05, 3.63) is 28.8 Å². The largest absolute Gasteiger partial charge is 0.493 e. The zero-order chi connectivity index (χ0) is 21.0. The first-order chi connectivity index (χ1) is 13.6. The molecule has 7 heteroatoms. The third-order valence-corrected chi connectivity index (χ3v) is 6.37. The van der Waals surface area contributed by atoms with Crippen LogP contribution in [0.15, 0.2) is 23.3 Å². The van der Waals surface area contributed by atoms with Gasteiger partial charge in [-0.25, -0.2) is 4.98 Å². The summed E-state index contributed by atoms with van der Waals surface area (Å²) < 4.78 is 12.0. The van der Waals surface area contributed by atoms with Crippen LogP contribution in [0.2, 0.25) is 0 Å². The van der Waals surface area contributed by atoms with Crippen LogP contribution in [0.5, 0.6) is 11.5 Å². The third kappa shape index (κ3) is 3.47. The highest BCUT2D eigenvalue weighted by Gasteiger charge is 2.50. The fourth-order valence-corrected chi connectivity index (χ4v) is 5.59. The minimum atomic E-state index is -0.252. The minimum Gasteiger partial charge on any atom is -0.493 e. The molecule has 0 N–H and O–H groups in total. The lowest BCUT2D eigenvalue weighted by Crippen LogP contribution is -2.40. The van der Waals surface area contributed by atoms with E-state index in [1.165, 1.54) is 25.1 Å². The van der Waals surface area contributed by atoms with Crippen molar-refractivity contribution < 1.29 is 14.3 Å². The molecule has 0 unspecified atom stereocenters. The predicted molar refractivity (Wildman–Crippen MR) is 110 cm³/mol. The van der Waals surface area contributed by atoms with Gasteiger partial charge in [0, 0.05) is 18.7 Å². The van der Waals surface area contributed by atoms with Crippen molar-refractivity contribution in [1.29, 1.82) is 0 Å². The van der Waals surface area contributed by atoms with Gasteiger partial charge in [-0.3, -0.25) is 14.2 Å². The number of carbonyl (C=O) groups excluding carboxylic acids is 1. The molecule has 1 saturated carbocycles. The average Bonchev–Trinajstić information content (AvgIpc) is 2.91. The molecule has 1 aliphatic heterocycles. The van der Waals surface area contributed by atoms with Crippen LogP contribution < -0.4 is 15.0 Å². The second kappa shape index (κ2) is 6.75. The Kier molecular flexibility index (Phi) is 4.59. The maximum atomic E-state index is 13.1. The number of nitrogens with zero attached hydrogens (tertiary/aromatic N) is 3. The Morgan fingerprint density at radius 2 is 1.86 bits per heavy atom. The van der Waals surface area contributed by atoms with Gasteiger partial charge < -0.3 is 14.4 Å². The number of hydrogen-bond donors (Lipinski definition) is 0. The smallest absolute Gasteiger partial charge is 0.261 e. The molecule has 1 saturated heterocycles. The topological polar surface area (TPSA) is 73.7 Å². The molecule has 2 atom stereocenters. The van der Waals surface area contributed by atoms with E-state index in [0.29, 0.717) is 22.4 Å². The van der Waals surface area contributed by atoms with Crippen molar-refractivity contribution in [2.24, 2.45) is 10.8 Å². The van der Waals surface area contributed by atoms with Gasteiger partial charge in [-0.1, -0.05) is 20.8 Å². The van der Waals surface area contributed by atoms with Gasteiger partial charge in [-0.05, 0) is 36.2 Å². The summed E-state index contributed by atoms with van der Waals surface area (Å²) in [5.74, 6) is 0.965. The highest BCUT2D eigenvalue weighted by Crippen LogP contribution is 2.52. The molecular weight excluding hydrogens is 370 g/mol. The van der Waals surface area contributed by atoms with Crippen LogP contribution in [0.4, 0.5) is 0 Å². The number of fused-ring (bicyclic) bond motifs is 3. The van der Waals surface area contributed by atoms with E-state index in [9.17, 15) is 9.59 Å². The maximum Gasteiger partial charge on any atom is 0.261 e. The van der Waals surface area contributed by atoms with Crippen LogP contribution in [0, 0.1) is 10.8 Å². The molecule has 1 amide bonds. The summed E-state index contributed by atoms with van der Waals surface area (Å²) >= 11 is 0. The number of methoxy groups -OCH3 is 2. The Hall–Kier alpha value is -2.57. The summed E-state index contributed by atoms with van der Waals surface area (Å²) in [6, 6.07) is 3.55. The van der Waals surface area contributed by atoms with Crippen molar-refractivity contribution in [2.45, 2.75) is 52.6 Å². The van der Waals surface area contributed by atoms with Crippen LogP contribution in [0.1, 0.15) is 40.0 Å². The fraction of sp³-hybridized carbons (Fsp3) is 0.591. The molecule has 2 bridgehead atoms. The van der Waals surface area contributed by atoms with E-state index >= 15 is 0 Å². The number of hydrogen-bond acceptors (Lipinski definition) is 5. The number of amides is 1. The normalized spacial score (nSPS) is 25.3. The van der Waals surface area contributed by atoms with Gasteiger partial charge in [-0.15, -0.1) is 0 Å². The Morgan fingerprint density at radius 1 is 1.17 bits per heavy atom. The van der Waals surface area contributed by atoms with Crippen LogP contribution >= 0.6 is 0 Å². The molecule has 2 aliphatic rings. The van der Waals surface area contributed by atoms with Crippen molar-refractivity contribution in [3.8, 4) is 11.5 Å². The number of likely N-dealkylation sites (tertiary alicyclic amines) is 1. The van der Waals surface area contributed by atoms with E-state index in [4.69, 9.17) is 9.47 Å². The maximum absolute atomic E-state index is 13.1. The molecule has 2 aromatic rings. The number of rotatable bonds is 4. The summed E-state index contributed by atoms with van der Waals surface area (Å²) in [7, 11) is 3.06. The van der Waals surface area contributed by atoms with Crippen molar-refractivity contribution in [2.75, 3.05) is 20.8 Å². The number of carbonyl (C=O) groups is 1. The lowest BCUT2D eigenvalue weighted by molar-refractivity contribution is -0.133. The van der Waals surface area contributed by atoms with E-state index in [2.05, 4.69) is 25.8 Å². The molecule has 1 aromatic heterocycles. The zero-order valence-corrected chi connectivity index (χ0v) is 17.8. The molecule has 0 radical (unpaired) electrons. The van der Waals surface area contributed by atoms with Gasteiger partial charge in [0.25, 0.3) is 5.56 Å². The molecule has 1 aliphatic carbocycles. The predicted octanol–water partition coefficient (Wildman–Crippen LogP) is 2.84. The van der Waals surface area contributed by atoms with Crippen LogP contribution in [0.25, 0.3) is 10.9 Å². The Labute approximate surface area is 170 Å². The van der Waals surface area contributed by atoms with Gasteiger partial charge in [0.15, 0.2) is 11.5 Å². The highest BCUT2D eigenvalue weighted by molar-refractivity contribution is 5.82. The Bertz CT molecular complexity index is 1030. The van der Waals surface area contributed by atoms with Crippen LogP contribution in [-0.2, 0) is 11.3 Å². The summed E-state index contributed by atoms with van der Waals surface area (Å²) in [4.78, 5) is 32.5. The zero-order valence-electron chi connectivity index (χ0n) is 17.8. The molecular formula is C22H29N3O4. The molecule has 7 nitrogen and oxygen atoms in total. The molecule has 0 spiro atoms. The number of aromatic nitrogens is 2. The van der Waals surface area contributed by atoms with E-state index < -0.39 is 0 Å². The quantitative estimate of drug-likeness (QED) is 0.790. The van der Waals surface area contributed by atoms with Crippen LogP contribution in [-0.4, -0.2) is 47.2 Å². The van der Waals surface area contributed by atoms with Crippen molar-refractivity contribution in [3.63, 3.8) is 0 Å². The summed E-state index contributed by atoms with van der Waals surface area (Å²) in [5, 5.41) is 0.409. The second-order valence-corrected chi connectivity index (χ2v) is 9.64. The van der Waals surface area contributed by atoms with E-state index in [-0.39, 0.29) is 34.9 Å².